The molecule has 2 heterocycles. The van der Waals surface area contributed by atoms with Crippen molar-refractivity contribution in [2.45, 2.75) is 6.54 Å². The number of carbonyl (C=O) groups excluding carboxylic acids is 1. The Morgan fingerprint density at radius 3 is 2.59 bits per heavy atom. The molecule has 1 saturated heterocycles. The monoisotopic (exact) mass is 432 g/mol. The van der Waals surface area contributed by atoms with Crippen LogP contribution in [0.3, 0.4) is 0 Å². The number of amides is 1. The Kier molecular flexibility index (Phi) is 5.99. The molecule has 1 aromatic heterocycles. The third-order valence-corrected chi connectivity index (χ3v) is 5.08. The van der Waals surface area contributed by atoms with Gasteiger partial charge in [0.1, 0.15) is 0 Å². The number of nitrogens with one attached hydrogen (secondary N) is 1. The van der Waals surface area contributed by atoms with Gasteiger partial charge in [-0.2, -0.15) is 4.98 Å². The molecule has 1 aliphatic rings. The molecule has 1 aliphatic heterocycles. The number of halogens is 2. The zero-order valence-electron chi connectivity index (χ0n) is 15.4. The number of anilines is 1. The molecule has 1 fully saturated rings. The van der Waals surface area contributed by atoms with Crippen molar-refractivity contribution in [1.29, 1.82) is 0 Å². The van der Waals surface area contributed by atoms with Gasteiger partial charge in [-0.1, -0.05) is 28.4 Å². The van der Waals surface area contributed by atoms with Crippen LogP contribution in [-0.4, -0.2) is 47.3 Å². The van der Waals surface area contributed by atoms with Crippen molar-refractivity contribution >= 4 is 34.8 Å². The Morgan fingerprint density at radius 2 is 1.86 bits per heavy atom. The van der Waals surface area contributed by atoms with E-state index in [0.29, 0.717) is 60.2 Å². The highest BCUT2D eigenvalue weighted by Crippen LogP contribution is 2.24. The molecule has 0 saturated carbocycles. The van der Waals surface area contributed by atoms with Crippen molar-refractivity contribution in [2.75, 3.05) is 31.6 Å². The van der Waals surface area contributed by atoms with E-state index < -0.39 is 0 Å². The molecule has 0 atom stereocenters. The van der Waals surface area contributed by atoms with E-state index in [1.165, 1.54) is 0 Å². The smallest absolute Gasteiger partial charge is 0.255 e. The highest BCUT2D eigenvalue weighted by molar-refractivity contribution is 6.34. The Morgan fingerprint density at radius 1 is 1.10 bits per heavy atom. The fraction of sp³-hybridized carbons (Fsp3) is 0.250. The predicted molar refractivity (Wildman–Crippen MR) is 110 cm³/mol. The quantitative estimate of drug-likeness (QED) is 0.652. The van der Waals surface area contributed by atoms with E-state index in [9.17, 15) is 4.79 Å². The second-order valence-corrected chi connectivity index (χ2v) is 7.32. The fourth-order valence-electron chi connectivity index (χ4n) is 2.96. The van der Waals surface area contributed by atoms with Crippen LogP contribution in [0.1, 0.15) is 16.2 Å². The predicted octanol–water partition coefficient (Wildman–Crippen LogP) is 4.13. The summed E-state index contributed by atoms with van der Waals surface area (Å²) in [5.74, 6) is 0.830. The molecule has 9 heteroatoms. The van der Waals surface area contributed by atoms with Crippen LogP contribution in [0.25, 0.3) is 11.4 Å². The van der Waals surface area contributed by atoms with Crippen molar-refractivity contribution in [2.24, 2.45) is 0 Å². The molecule has 0 bridgehead atoms. The van der Waals surface area contributed by atoms with Crippen LogP contribution in [0.2, 0.25) is 10.0 Å². The maximum absolute atomic E-state index is 12.6. The summed E-state index contributed by atoms with van der Waals surface area (Å²) in [5, 5.41) is 8.19. The first kappa shape index (κ1) is 19.7. The Balaban J connectivity index is 1.39. The molecule has 0 unspecified atom stereocenters. The van der Waals surface area contributed by atoms with Crippen molar-refractivity contribution in [3.05, 3.63) is 64.0 Å². The molecule has 7 nitrogen and oxygen atoms in total. The number of morpholine rings is 1. The van der Waals surface area contributed by atoms with Gasteiger partial charge in [0, 0.05) is 29.4 Å². The first-order valence-electron chi connectivity index (χ1n) is 9.09. The number of nitrogens with zero attached hydrogens (tertiary/aromatic N) is 3. The topological polar surface area (TPSA) is 80.5 Å². The minimum Gasteiger partial charge on any atom is -0.378 e. The lowest BCUT2D eigenvalue weighted by Crippen LogP contribution is -2.40. The number of rotatable bonds is 5. The zero-order valence-corrected chi connectivity index (χ0v) is 16.9. The molecule has 3 aromatic rings. The molecule has 2 aromatic carbocycles. The normalized spacial score (nSPS) is 14.1. The van der Waals surface area contributed by atoms with Gasteiger partial charge in [-0.05, 0) is 42.5 Å². The number of aromatic nitrogens is 2. The highest BCUT2D eigenvalue weighted by Gasteiger charge is 2.20. The van der Waals surface area contributed by atoms with E-state index in [0.717, 1.165) is 11.3 Å². The summed E-state index contributed by atoms with van der Waals surface area (Å²) in [5.41, 5.74) is 2.04. The first-order chi connectivity index (χ1) is 14.1. The molecule has 0 aliphatic carbocycles. The van der Waals surface area contributed by atoms with Gasteiger partial charge in [-0.3, -0.25) is 4.79 Å². The molecule has 150 valence electrons. The maximum Gasteiger partial charge on any atom is 0.255 e. The van der Waals surface area contributed by atoms with Gasteiger partial charge < -0.3 is 19.5 Å². The van der Waals surface area contributed by atoms with Gasteiger partial charge in [0.2, 0.25) is 11.7 Å². The second-order valence-electron chi connectivity index (χ2n) is 6.47. The highest BCUT2D eigenvalue weighted by atomic mass is 35.5. The average Bonchev–Trinajstić information content (AvgIpc) is 3.22. The zero-order chi connectivity index (χ0) is 20.2. The summed E-state index contributed by atoms with van der Waals surface area (Å²) in [4.78, 5) is 18.7. The summed E-state index contributed by atoms with van der Waals surface area (Å²) < 4.78 is 10.6. The summed E-state index contributed by atoms with van der Waals surface area (Å²) in [6.07, 6.45) is 0. The number of ether oxygens (including phenoxy) is 1. The van der Waals surface area contributed by atoms with Crippen molar-refractivity contribution < 1.29 is 14.1 Å². The van der Waals surface area contributed by atoms with Crippen LogP contribution in [0.5, 0.6) is 0 Å². The van der Waals surface area contributed by atoms with E-state index in [1.807, 2.05) is 12.1 Å². The van der Waals surface area contributed by atoms with Crippen LogP contribution in [0.4, 0.5) is 5.69 Å². The van der Waals surface area contributed by atoms with Gasteiger partial charge in [-0.15, -0.1) is 0 Å². The largest absolute Gasteiger partial charge is 0.378 e. The van der Waals surface area contributed by atoms with Gasteiger partial charge in [-0.25, -0.2) is 0 Å². The minimum atomic E-state index is -0.0886. The van der Waals surface area contributed by atoms with Crippen molar-refractivity contribution in [1.82, 2.24) is 15.0 Å². The summed E-state index contributed by atoms with van der Waals surface area (Å²) in [6, 6.07) is 12.4. The van der Waals surface area contributed by atoms with E-state index >= 15 is 0 Å². The Bertz CT molecular complexity index is 1000. The molecule has 29 heavy (non-hydrogen) atoms. The number of benzene rings is 2. The lowest BCUT2D eigenvalue weighted by Gasteiger charge is -2.27. The third kappa shape index (κ3) is 4.70. The van der Waals surface area contributed by atoms with Gasteiger partial charge in [0.15, 0.2) is 0 Å². The van der Waals surface area contributed by atoms with E-state index in [1.54, 1.807) is 35.2 Å². The summed E-state index contributed by atoms with van der Waals surface area (Å²) >= 11 is 12.2. The molecule has 4 rings (SSSR count). The molecule has 1 amide bonds. The maximum atomic E-state index is 12.6. The molecule has 0 radical (unpaired) electrons. The molecular formula is C20H18Cl2N4O3. The van der Waals surface area contributed by atoms with Crippen LogP contribution < -0.4 is 5.32 Å². The number of hydrogen-bond acceptors (Lipinski definition) is 6. The summed E-state index contributed by atoms with van der Waals surface area (Å²) in [6.45, 7) is 2.56. The van der Waals surface area contributed by atoms with Crippen molar-refractivity contribution in [3.8, 4) is 11.4 Å². The van der Waals surface area contributed by atoms with E-state index in [2.05, 4.69) is 15.5 Å². The Labute approximate surface area is 177 Å². The SMILES string of the molecule is O=C(c1ccc(NCc2nc(-c3ccc(Cl)cc3)no2)cc1Cl)N1CCOCC1. The van der Waals surface area contributed by atoms with Gasteiger partial charge in [0.05, 0.1) is 30.3 Å². The molecule has 0 spiro atoms. The van der Waals surface area contributed by atoms with Gasteiger partial charge >= 0.3 is 0 Å². The van der Waals surface area contributed by atoms with Crippen molar-refractivity contribution in [3.63, 3.8) is 0 Å². The van der Waals surface area contributed by atoms with E-state index in [-0.39, 0.29) is 5.91 Å². The standard InChI is InChI=1S/C20H18Cl2N4O3/c21-14-3-1-13(2-4-14)19-24-18(29-25-19)12-23-15-5-6-16(17(22)11-15)20(27)26-7-9-28-10-8-26/h1-6,11,23H,7-10,12H2. The van der Waals surface area contributed by atoms with E-state index in [4.69, 9.17) is 32.5 Å². The molecular weight excluding hydrogens is 415 g/mol. The number of carbonyl (C=O) groups is 1. The lowest BCUT2D eigenvalue weighted by atomic mass is 10.1. The van der Waals surface area contributed by atoms with Crippen LogP contribution in [-0.2, 0) is 11.3 Å². The van der Waals surface area contributed by atoms with Crippen LogP contribution in [0, 0.1) is 0 Å². The lowest BCUT2D eigenvalue weighted by molar-refractivity contribution is 0.0303. The minimum absolute atomic E-state index is 0.0886. The fourth-order valence-corrected chi connectivity index (χ4v) is 3.34. The number of hydrogen-bond donors (Lipinski definition) is 1. The van der Waals surface area contributed by atoms with Gasteiger partial charge in [0.25, 0.3) is 5.91 Å². The molecule has 1 N–H and O–H groups in total. The average molecular weight is 433 g/mol. The third-order valence-electron chi connectivity index (χ3n) is 4.51. The van der Waals surface area contributed by atoms with Crippen LogP contribution in [0.15, 0.2) is 47.0 Å². The second kappa shape index (κ2) is 8.82. The van der Waals surface area contributed by atoms with Crippen LogP contribution >= 0.6 is 23.2 Å². The Hall–Kier alpha value is -2.61. The first-order valence-corrected chi connectivity index (χ1v) is 9.85. The summed E-state index contributed by atoms with van der Waals surface area (Å²) in [7, 11) is 0.